The predicted molar refractivity (Wildman–Crippen MR) is 83.5 cm³/mol. The average molecular weight is 316 g/mol. The van der Waals surface area contributed by atoms with Crippen molar-refractivity contribution < 1.29 is 8.42 Å². The summed E-state index contributed by atoms with van der Waals surface area (Å²) in [4.78, 5) is 1.36. The molecule has 1 aliphatic rings. The van der Waals surface area contributed by atoms with E-state index in [0.29, 0.717) is 23.9 Å². The van der Waals surface area contributed by atoms with E-state index in [4.69, 9.17) is 0 Å². The number of rotatable bonds is 6. The second-order valence-corrected chi connectivity index (χ2v) is 8.54. The lowest BCUT2D eigenvalue weighted by molar-refractivity contribution is 0.300. The van der Waals surface area contributed by atoms with Gasteiger partial charge in [0.15, 0.2) is 0 Å². The van der Waals surface area contributed by atoms with Gasteiger partial charge in [-0.3, -0.25) is 0 Å². The predicted octanol–water partition coefficient (Wildman–Crippen LogP) is 2.67. The molecule has 0 amide bonds. The first kappa shape index (κ1) is 15.9. The third kappa shape index (κ3) is 3.61. The van der Waals surface area contributed by atoms with Crippen LogP contribution in [0.25, 0.3) is 0 Å². The molecule has 0 unspecified atom stereocenters. The largest absolute Gasteiger partial charge is 0.315 e. The first-order valence-electron chi connectivity index (χ1n) is 7.23. The van der Waals surface area contributed by atoms with Crippen LogP contribution in [0, 0.1) is 5.92 Å². The highest BCUT2D eigenvalue weighted by Gasteiger charge is 2.27. The SMILES string of the molecule is CNCc1sccc1S(=O)(=O)N(C)CC1CCCCC1. The van der Waals surface area contributed by atoms with Gasteiger partial charge in [0.1, 0.15) is 0 Å². The zero-order valence-electron chi connectivity index (χ0n) is 12.3. The van der Waals surface area contributed by atoms with E-state index in [1.165, 1.54) is 30.6 Å². The van der Waals surface area contributed by atoms with Crippen LogP contribution in [-0.2, 0) is 16.6 Å². The van der Waals surface area contributed by atoms with Crippen molar-refractivity contribution in [2.24, 2.45) is 5.92 Å². The van der Waals surface area contributed by atoms with E-state index in [1.807, 2.05) is 12.4 Å². The first-order chi connectivity index (χ1) is 9.55. The smallest absolute Gasteiger partial charge is 0.243 e. The minimum absolute atomic E-state index is 0.468. The summed E-state index contributed by atoms with van der Waals surface area (Å²) in [5.74, 6) is 0.523. The average Bonchev–Trinajstić information content (AvgIpc) is 2.89. The molecule has 20 heavy (non-hydrogen) atoms. The van der Waals surface area contributed by atoms with Crippen LogP contribution in [0.4, 0.5) is 0 Å². The van der Waals surface area contributed by atoms with Crippen molar-refractivity contribution >= 4 is 21.4 Å². The Morgan fingerprint density at radius 2 is 2.05 bits per heavy atom. The maximum atomic E-state index is 12.7. The van der Waals surface area contributed by atoms with Crippen molar-refractivity contribution in [2.45, 2.75) is 43.5 Å². The second-order valence-electron chi connectivity index (χ2n) is 5.53. The lowest BCUT2D eigenvalue weighted by atomic mass is 9.89. The quantitative estimate of drug-likeness (QED) is 0.878. The van der Waals surface area contributed by atoms with Gasteiger partial charge in [-0.15, -0.1) is 11.3 Å². The molecule has 6 heteroatoms. The normalized spacial score (nSPS) is 17.8. The van der Waals surface area contributed by atoms with Crippen molar-refractivity contribution in [3.05, 3.63) is 16.3 Å². The molecule has 0 aromatic carbocycles. The lowest BCUT2D eigenvalue weighted by Crippen LogP contribution is -2.33. The minimum atomic E-state index is -3.34. The van der Waals surface area contributed by atoms with Crippen molar-refractivity contribution in [1.29, 1.82) is 0 Å². The van der Waals surface area contributed by atoms with E-state index >= 15 is 0 Å². The van der Waals surface area contributed by atoms with E-state index in [-0.39, 0.29) is 0 Å². The molecule has 0 bridgehead atoms. The molecule has 1 saturated carbocycles. The molecule has 1 aromatic heterocycles. The maximum Gasteiger partial charge on any atom is 0.243 e. The first-order valence-corrected chi connectivity index (χ1v) is 9.55. The summed E-state index contributed by atoms with van der Waals surface area (Å²) in [6, 6.07) is 1.73. The maximum absolute atomic E-state index is 12.7. The Bertz CT molecular complexity index is 519. The van der Waals surface area contributed by atoms with Crippen molar-refractivity contribution in [2.75, 3.05) is 20.6 Å². The number of hydrogen-bond acceptors (Lipinski definition) is 4. The van der Waals surface area contributed by atoms with E-state index in [9.17, 15) is 8.42 Å². The number of nitrogens with one attached hydrogen (secondary N) is 1. The highest BCUT2D eigenvalue weighted by Crippen LogP contribution is 2.28. The van der Waals surface area contributed by atoms with Crippen molar-refractivity contribution in [1.82, 2.24) is 9.62 Å². The summed E-state index contributed by atoms with van der Waals surface area (Å²) in [7, 11) is 0.204. The molecule has 0 spiro atoms. The van der Waals surface area contributed by atoms with Crippen LogP contribution in [0.5, 0.6) is 0 Å². The second kappa shape index (κ2) is 7.02. The van der Waals surface area contributed by atoms with E-state index in [0.717, 1.165) is 17.7 Å². The molecule has 0 radical (unpaired) electrons. The molecule has 0 aliphatic heterocycles. The number of nitrogens with zero attached hydrogens (tertiary/aromatic N) is 1. The zero-order chi connectivity index (χ0) is 14.6. The summed E-state index contributed by atoms with van der Waals surface area (Å²) in [5, 5.41) is 4.89. The molecule has 1 aromatic rings. The number of sulfonamides is 1. The number of hydrogen-bond donors (Lipinski definition) is 1. The molecule has 0 atom stereocenters. The Morgan fingerprint density at radius 3 is 2.70 bits per heavy atom. The van der Waals surface area contributed by atoms with Gasteiger partial charge in [0.2, 0.25) is 10.0 Å². The van der Waals surface area contributed by atoms with Gasteiger partial charge < -0.3 is 5.32 Å². The van der Waals surface area contributed by atoms with Gasteiger partial charge in [-0.05, 0) is 37.3 Å². The number of thiophene rings is 1. The molecule has 1 fully saturated rings. The Hall–Kier alpha value is -0.430. The van der Waals surface area contributed by atoms with Crippen LogP contribution in [0.15, 0.2) is 16.3 Å². The van der Waals surface area contributed by atoms with Gasteiger partial charge in [-0.1, -0.05) is 19.3 Å². The Balaban J connectivity index is 2.10. The third-order valence-corrected chi connectivity index (χ3v) is 6.93. The molecule has 0 saturated heterocycles. The molecule has 1 N–H and O–H groups in total. The van der Waals surface area contributed by atoms with E-state index in [2.05, 4.69) is 5.32 Å². The van der Waals surface area contributed by atoms with Gasteiger partial charge >= 0.3 is 0 Å². The molecular weight excluding hydrogens is 292 g/mol. The van der Waals surface area contributed by atoms with Crippen LogP contribution >= 0.6 is 11.3 Å². The van der Waals surface area contributed by atoms with Crippen molar-refractivity contribution in [3.63, 3.8) is 0 Å². The zero-order valence-corrected chi connectivity index (χ0v) is 13.9. The van der Waals surface area contributed by atoms with Gasteiger partial charge in [-0.25, -0.2) is 12.7 Å². The van der Waals surface area contributed by atoms with Crippen LogP contribution in [0.2, 0.25) is 0 Å². The fraction of sp³-hybridized carbons (Fsp3) is 0.714. The standard InChI is InChI=1S/C14H24N2O2S2/c1-15-10-13-14(8-9-19-13)20(17,18)16(2)11-12-6-4-3-5-7-12/h8-9,12,15H,3-7,10-11H2,1-2H3. The summed E-state index contributed by atoms with van der Waals surface area (Å²) >= 11 is 1.50. The van der Waals surface area contributed by atoms with Crippen LogP contribution < -0.4 is 5.32 Å². The van der Waals surface area contributed by atoms with Gasteiger partial charge in [0, 0.05) is 25.0 Å². The Kier molecular flexibility index (Phi) is 5.60. The van der Waals surface area contributed by atoms with Crippen molar-refractivity contribution in [3.8, 4) is 0 Å². The Labute approximate surface area is 126 Å². The fourth-order valence-electron chi connectivity index (χ4n) is 2.85. The van der Waals surface area contributed by atoms with Crippen LogP contribution in [-0.4, -0.2) is 33.4 Å². The van der Waals surface area contributed by atoms with E-state index < -0.39 is 10.0 Å². The van der Waals surface area contributed by atoms with Gasteiger partial charge in [0.05, 0.1) is 4.90 Å². The summed E-state index contributed by atoms with van der Waals surface area (Å²) < 4.78 is 26.9. The molecular formula is C14H24N2O2S2. The molecule has 1 heterocycles. The monoisotopic (exact) mass is 316 g/mol. The van der Waals surface area contributed by atoms with Crippen LogP contribution in [0.3, 0.4) is 0 Å². The van der Waals surface area contributed by atoms with Gasteiger partial charge in [0.25, 0.3) is 0 Å². The Morgan fingerprint density at radius 1 is 1.35 bits per heavy atom. The van der Waals surface area contributed by atoms with Gasteiger partial charge in [-0.2, -0.15) is 0 Å². The topological polar surface area (TPSA) is 49.4 Å². The minimum Gasteiger partial charge on any atom is -0.315 e. The summed E-state index contributed by atoms with van der Waals surface area (Å²) in [6.07, 6.45) is 6.09. The molecule has 2 rings (SSSR count). The molecule has 114 valence electrons. The van der Waals surface area contributed by atoms with E-state index in [1.54, 1.807) is 17.4 Å². The highest BCUT2D eigenvalue weighted by molar-refractivity contribution is 7.89. The summed E-state index contributed by atoms with van der Waals surface area (Å²) in [6.45, 7) is 1.25. The molecule has 4 nitrogen and oxygen atoms in total. The lowest BCUT2D eigenvalue weighted by Gasteiger charge is -2.26. The third-order valence-electron chi connectivity index (χ3n) is 3.97. The molecule has 1 aliphatic carbocycles. The summed E-state index contributed by atoms with van der Waals surface area (Å²) in [5.41, 5.74) is 0. The van der Waals surface area contributed by atoms with Crippen LogP contribution in [0.1, 0.15) is 37.0 Å². The fourth-order valence-corrected chi connectivity index (χ4v) is 5.52. The highest BCUT2D eigenvalue weighted by atomic mass is 32.2.